The number of ether oxygens (including phenoxy) is 1. The third kappa shape index (κ3) is 3.57. The molecule has 0 saturated carbocycles. The topological polar surface area (TPSA) is 73.6 Å². The Morgan fingerprint density at radius 3 is 3.10 bits per heavy atom. The summed E-state index contributed by atoms with van der Waals surface area (Å²) in [5.41, 5.74) is 0.345. The number of hydrogen-bond acceptors (Lipinski definition) is 4. The lowest BCUT2D eigenvalue weighted by Crippen LogP contribution is -2.45. The fourth-order valence-corrected chi connectivity index (χ4v) is 1.99. The highest BCUT2D eigenvalue weighted by Gasteiger charge is 2.26. The number of nitriles is 1. The van der Waals surface area contributed by atoms with Gasteiger partial charge in [0.1, 0.15) is 12.4 Å². The molecule has 0 spiro atoms. The van der Waals surface area contributed by atoms with E-state index in [1.54, 1.807) is 0 Å². The Hall–Kier alpha value is -2.41. The first-order valence-electron chi connectivity index (χ1n) is 6.35. The van der Waals surface area contributed by atoms with Gasteiger partial charge in [-0.05, 0) is 18.2 Å². The molecule has 21 heavy (non-hydrogen) atoms. The van der Waals surface area contributed by atoms with Gasteiger partial charge in [-0.1, -0.05) is 11.8 Å². The first kappa shape index (κ1) is 15.0. The van der Waals surface area contributed by atoms with Crippen molar-refractivity contribution in [3.8, 4) is 17.9 Å². The van der Waals surface area contributed by atoms with Crippen LogP contribution in [0.2, 0.25) is 0 Å². The third-order valence-electron chi connectivity index (χ3n) is 3.01. The molecule has 1 aliphatic heterocycles. The van der Waals surface area contributed by atoms with E-state index in [0.29, 0.717) is 12.1 Å². The van der Waals surface area contributed by atoms with Crippen LogP contribution in [0, 0.1) is 29.0 Å². The Bertz CT molecular complexity index is 643. The van der Waals surface area contributed by atoms with Gasteiger partial charge in [0.15, 0.2) is 6.10 Å². The lowest BCUT2D eigenvalue weighted by Gasteiger charge is -2.29. The standard InChI is InChI=1S/C15H13FN2O3/c16-14-4-3-11(2-1-6-19)8-13(14)15(20)18-5-7-21-12(9-17)10-18/h3-4,8,12,19H,5-7,10H2. The molecule has 1 heterocycles. The molecular formula is C15H13FN2O3. The van der Waals surface area contributed by atoms with Crippen LogP contribution in [-0.4, -0.2) is 48.3 Å². The molecule has 0 bridgehead atoms. The van der Waals surface area contributed by atoms with Gasteiger partial charge in [0, 0.05) is 12.1 Å². The van der Waals surface area contributed by atoms with Crippen molar-refractivity contribution >= 4 is 5.91 Å². The van der Waals surface area contributed by atoms with Gasteiger partial charge >= 0.3 is 0 Å². The molecule has 1 saturated heterocycles. The summed E-state index contributed by atoms with van der Waals surface area (Å²) in [6, 6.07) is 5.88. The molecule has 1 atom stereocenters. The van der Waals surface area contributed by atoms with Gasteiger partial charge in [-0.2, -0.15) is 5.26 Å². The molecule has 2 rings (SSSR count). The molecule has 6 heteroatoms. The first-order valence-corrected chi connectivity index (χ1v) is 6.35. The number of rotatable bonds is 1. The van der Waals surface area contributed by atoms with Crippen molar-refractivity contribution in [1.29, 1.82) is 5.26 Å². The Kier molecular flexibility index (Phi) is 4.89. The molecular weight excluding hydrogens is 275 g/mol. The second kappa shape index (κ2) is 6.85. The summed E-state index contributed by atoms with van der Waals surface area (Å²) in [5, 5.41) is 17.5. The molecule has 5 nitrogen and oxygen atoms in total. The van der Waals surface area contributed by atoms with E-state index in [1.807, 2.05) is 6.07 Å². The van der Waals surface area contributed by atoms with Gasteiger partial charge in [-0.3, -0.25) is 4.79 Å². The van der Waals surface area contributed by atoms with Crippen molar-refractivity contribution in [3.63, 3.8) is 0 Å². The third-order valence-corrected chi connectivity index (χ3v) is 3.01. The average molecular weight is 288 g/mol. The highest BCUT2D eigenvalue weighted by molar-refractivity contribution is 5.95. The summed E-state index contributed by atoms with van der Waals surface area (Å²) >= 11 is 0. The van der Waals surface area contributed by atoms with Crippen LogP contribution in [0.4, 0.5) is 4.39 Å². The second-order valence-corrected chi connectivity index (χ2v) is 4.39. The van der Waals surface area contributed by atoms with Crippen molar-refractivity contribution in [2.24, 2.45) is 0 Å². The van der Waals surface area contributed by atoms with E-state index >= 15 is 0 Å². The molecule has 1 aromatic rings. The summed E-state index contributed by atoms with van der Waals surface area (Å²) in [7, 11) is 0. The second-order valence-electron chi connectivity index (χ2n) is 4.39. The van der Waals surface area contributed by atoms with Crippen LogP contribution in [0.15, 0.2) is 18.2 Å². The number of carbonyl (C=O) groups excluding carboxylic acids is 1. The minimum atomic E-state index is -0.692. The van der Waals surface area contributed by atoms with Crippen molar-refractivity contribution in [3.05, 3.63) is 35.1 Å². The number of carbonyl (C=O) groups is 1. The number of aliphatic hydroxyl groups excluding tert-OH is 1. The molecule has 108 valence electrons. The van der Waals surface area contributed by atoms with Crippen LogP contribution < -0.4 is 0 Å². The highest BCUT2D eigenvalue weighted by atomic mass is 19.1. The van der Waals surface area contributed by atoms with Gasteiger partial charge in [-0.15, -0.1) is 0 Å². The van der Waals surface area contributed by atoms with Crippen molar-refractivity contribution in [1.82, 2.24) is 4.90 Å². The van der Waals surface area contributed by atoms with E-state index < -0.39 is 17.8 Å². The van der Waals surface area contributed by atoms with Crippen LogP contribution in [-0.2, 0) is 4.74 Å². The number of aliphatic hydroxyl groups is 1. The summed E-state index contributed by atoms with van der Waals surface area (Å²) in [4.78, 5) is 13.7. The van der Waals surface area contributed by atoms with Gasteiger partial charge in [-0.25, -0.2) is 4.39 Å². The lowest BCUT2D eigenvalue weighted by molar-refractivity contribution is 0.00326. The zero-order chi connectivity index (χ0) is 15.2. The smallest absolute Gasteiger partial charge is 0.257 e. The van der Waals surface area contributed by atoms with Crippen LogP contribution in [0.3, 0.4) is 0 Å². The summed E-state index contributed by atoms with van der Waals surface area (Å²) in [6.07, 6.45) is -0.692. The number of hydrogen-bond donors (Lipinski definition) is 1. The van der Waals surface area contributed by atoms with E-state index in [2.05, 4.69) is 11.8 Å². The Balaban J connectivity index is 2.24. The maximum atomic E-state index is 13.8. The highest BCUT2D eigenvalue weighted by Crippen LogP contribution is 2.15. The molecule has 1 fully saturated rings. The van der Waals surface area contributed by atoms with E-state index in [-0.39, 0.29) is 25.3 Å². The van der Waals surface area contributed by atoms with E-state index in [9.17, 15) is 9.18 Å². The SMILES string of the molecule is N#CC1CN(C(=O)c2cc(C#CCO)ccc2F)CCO1. The number of nitrogens with zero attached hydrogens (tertiary/aromatic N) is 2. The average Bonchev–Trinajstić information content (AvgIpc) is 2.53. The minimum Gasteiger partial charge on any atom is -0.384 e. The fourth-order valence-electron chi connectivity index (χ4n) is 1.99. The normalized spacial score (nSPS) is 17.6. The molecule has 1 unspecified atom stereocenters. The number of benzene rings is 1. The van der Waals surface area contributed by atoms with Crippen molar-refractivity contribution in [2.45, 2.75) is 6.10 Å². The predicted octanol–water partition coefficient (Wildman–Crippen LogP) is 0.534. The first-order chi connectivity index (χ1) is 10.2. The quantitative estimate of drug-likeness (QED) is 0.765. The predicted molar refractivity (Wildman–Crippen MR) is 71.6 cm³/mol. The van der Waals surface area contributed by atoms with Crippen LogP contribution in [0.5, 0.6) is 0 Å². The van der Waals surface area contributed by atoms with Gasteiger partial charge in [0.05, 0.1) is 24.8 Å². The fraction of sp³-hybridized carbons (Fsp3) is 0.333. The summed E-state index contributed by atoms with van der Waals surface area (Å²) < 4.78 is 19.0. The number of halogens is 1. The van der Waals surface area contributed by atoms with Crippen LogP contribution in [0.25, 0.3) is 0 Å². The van der Waals surface area contributed by atoms with E-state index in [0.717, 1.165) is 6.07 Å². The zero-order valence-electron chi connectivity index (χ0n) is 11.2. The number of morpholine rings is 1. The Labute approximate surface area is 121 Å². The van der Waals surface area contributed by atoms with E-state index in [4.69, 9.17) is 15.1 Å². The maximum Gasteiger partial charge on any atom is 0.257 e. The molecule has 1 amide bonds. The summed E-state index contributed by atoms with van der Waals surface area (Å²) in [5.74, 6) is 3.93. The minimum absolute atomic E-state index is 0.0988. The van der Waals surface area contributed by atoms with Crippen LogP contribution >= 0.6 is 0 Å². The monoisotopic (exact) mass is 288 g/mol. The zero-order valence-corrected chi connectivity index (χ0v) is 11.2. The molecule has 1 N–H and O–H groups in total. The van der Waals surface area contributed by atoms with Gasteiger partial charge < -0.3 is 14.7 Å². The molecule has 0 radical (unpaired) electrons. The Morgan fingerprint density at radius 2 is 2.38 bits per heavy atom. The molecule has 0 aliphatic carbocycles. The van der Waals surface area contributed by atoms with E-state index in [1.165, 1.54) is 17.0 Å². The largest absolute Gasteiger partial charge is 0.384 e. The van der Waals surface area contributed by atoms with Crippen molar-refractivity contribution < 1.29 is 19.0 Å². The Morgan fingerprint density at radius 1 is 1.57 bits per heavy atom. The molecule has 1 aliphatic rings. The maximum absolute atomic E-state index is 13.8. The van der Waals surface area contributed by atoms with Gasteiger partial charge in [0.2, 0.25) is 0 Å². The van der Waals surface area contributed by atoms with Crippen LogP contribution in [0.1, 0.15) is 15.9 Å². The van der Waals surface area contributed by atoms with Gasteiger partial charge in [0.25, 0.3) is 5.91 Å². The van der Waals surface area contributed by atoms with Crippen molar-refractivity contribution in [2.75, 3.05) is 26.3 Å². The summed E-state index contributed by atoms with van der Waals surface area (Å²) in [6.45, 7) is 0.355. The number of amides is 1. The lowest BCUT2D eigenvalue weighted by atomic mass is 10.1. The molecule has 1 aromatic carbocycles. The molecule has 0 aromatic heterocycles.